The van der Waals surface area contributed by atoms with Gasteiger partial charge in [0.05, 0.1) is 6.04 Å². The van der Waals surface area contributed by atoms with Gasteiger partial charge >= 0.3 is 5.97 Å². The van der Waals surface area contributed by atoms with Crippen LogP contribution in [0.25, 0.3) is 0 Å². The van der Waals surface area contributed by atoms with Crippen molar-refractivity contribution in [1.29, 1.82) is 0 Å². The Labute approximate surface area is 398 Å². The molecule has 2 fully saturated rings. The highest BCUT2D eigenvalue weighted by atomic mass is 32.2. The molecule has 0 spiro atoms. The quantitative estimate of drug-likeness (QED) is 0.0497. The van der Waals surface area contributed by atoms with Crippen LogP contribution in [0.2, 0.25) is 0 Å². The van der Waals surface area contributed by atoms with E-state index in [1.807, 2.05) is 20.1 Å². The van der Waals surface area contributed by atoms with Crippen LogP contribution in [0.5, 0.6) is 0 Å². The van der Waals surface area contributed by atoms with E-state index in [-0.39, 0.29) is 50.5 Å². The molecule has 2 saturated heterocycles. The molecule has 0 unspecified atom stereocenters. The molecule has 21 heteroatoms. The van der Waals surface area contributed by atoms with Crippen LogP contribution in [0.1, 0.15) is 104 Å². The lowest BCUT2D eigenvalue weighted by atomic mass is 9.99. The van der Waals surface area contributed by atoms with Crippen LogP contribution in [0, 0.1) is 11.8 Å². The molecule has 1 aromatic rings. The first-order valence-electron chi connectivity index (χ1n) is 23.4. The fourth-order valence-corrected chi connectivity index (χ4v) is 8.79. The van der Waals surface area contributed by atoms with E-state index in [0.717, 1.165) is 0 Å². The fraction of sp³-hybridized carbons (Fsp3) is 0.674. The van der Waals surface area contributed by atoms with Crippen LogP contribution in [0.15, 0.2) is 30.3 Å². The van der Waals surface area contributed by atoms with Crippen molar-refractivity contribution in [3.05, 3.63) is 35.9 Å². The summed E-state index contributed by atoms with van der Waals surface area (Å²) >= 11 is 1.56. The maximum Gasteiger partial charge on any atom is 0.303 e. The second-order valence-corrected chi connectivity index (χ2v) is 19.2. The fourth-order valence-electron chi connectivity index (χ4n) is 8.30. The third kappa shape index (κ3) is 17.7. The van der Waals surface area contributed by atoms with Crippen LogP contribution in [-0.4, -0.2) is 148 Å². The van der Waals surface area contributed by atoms with E-state index in [0.29, 0.717) is 62.9 Å². The minimum Gasteiger partial charge on any atom is -0.481 e. The van der Waals surface area contributed by atoms with Gasteiger partial charge in [-0.25, -0.2) is 0 Å². The first-order valence-corrected chi connectivity index (χ1v) is 24.8. The molecular formula is C46H74N10O10S. The molecule has 12 N–H and O–H groups in total. The van der Waals surface area contributed by atoms with Crippen LogP contribution >= 0.6 is 11.8 Å². The van der Waals surface area contributed by atoms with E-state index in [9.17, 15) is 48.3 Å². The number of hydrogen-bond acceptors (Lipinski definition) is 12. The highest BCUT2D eigenvalue weighted by molar-refractivity contribution is 7.98. The molecule has 0 saturated carbocycles. The Morgan fingerprint density at radius 1 is 0.731 bits per heavy atom. The molecule has 1 aromatic carbocycles. The summed E-state index contributed by atoms with van der Waals surface area (Å²) in [5.74, 6) is -6.25. The minimum atomic E-state index is -1.44. The second kappa shape index (κ2) is 28.1. The molecule has 8 amide bonds. The zero-order chi connectivity index (χ0) is 49.8. The molecule has 2 aliphatic rings. The van der Waals surface area contributed by atoms with E-state index in [1.54, 1.807) is 55.9 Å². The lowest BCUT2D eigenvalue weighted by molar-refractivity contribution is -0.147. The molecule has 3 rings (SSSR count). The van der Waals surface area contributed by atoms with Gasteiger partial charge in [0.25, 0.3) is 0 Å². The van der Waals surface area contributed by atoms with E-state index < -0.39 is 108 Å². The smallest absolute Gasteiger partial charge is 0.303 e. The number of aliphatic carboxylic acids is 1. The third-order valence-electron chi connectivity index (χ3n) is 12.0. The number of hydrogen-bond donors (Lipinski definition) is 9. The number of rotatable bonds is 28. The van der Waals surface area contributed by atoms with Gasteiger partial charge in [-0.05, 0) is 100 Å². The number of amides is 8. The van der Waals surface area contributed by atoms with Gasteiger partial charge in [0.15, 0.2) is 0 Å². The second-order valence-electron chi connectivity index (χ2n) is 18.2. The summed E-state index contributed by atoms with van der Waals surface area (Å²) in [7, 11) is 0. The van der Waals surface area contributed by atoms with Crippen molar-refractivity contribution in [2.45, 2.75) is 153 Å². The molecule has 0 aliphatic carbocycles. The molecule has 20 nitrogen and oxygen atoms in total. The number of nitrogens with zero attached hydrogens (tertiary/aromatic N) is 2. The Bertz CT molecular complexity index is 1860. The number of likely N-dealkylation sites (tertiary alicyclic amines) is 2. The topological polar surface area (TPSA) is 319 Å². The largest absolute Gasteiger partial charge is 0.481 e. The van der Waals surface area contributed by atoms with Gasteiger partial charge in [0, 0.05) is 25.9 Å². The maximum atomic E-state index is 14.1. The standard InChI is InChI=1S/C46H74N10O10S/c1-27(2)25-33(39(49)59)52-42(62)34(26-29-13-7-6-8-14-29)53-40(60)31(15-9-10-21-47)51-44(64)38(28(3)4)54-41(61)32(18-19-37(57)58)50-43(63)35-16-11-22-55(35)46(66)36-17-12-23-56(36)45(65)30(48)20-24-67-5/h6-8,13-14,27-28,30-36,38H,9-12,15-26,47-48H2,1-5H3,(H2,49,59)(H,50,63)(H,51,64)(H,52,62)(H,53,60)(H,54,61)(H,57,58)/t30-,31-,32-,33-,34-,35-,36-,38-/m0/s1. The monoisotopic (exact) mass is 959 g/mol. The first-order chi connectivity index (χ1) is 31.8. The number of thioether (sulfide) groups is 1. The number of carbonyl (C=O) groups excluding carboxylic acids is 8. The number of carboxylic acid groups (broad SMARTS) is 1. The van der Waals surface area contributed by atoms with Gasteiger partial charge in [0.2, 0.25) is 47.3 Å². The SMILES string of the molecule is CSCC[C@H](N)C(=O)N1CCC[C@H]1C(=O)N1CCC[C@H]1C(=O)N[C@@H](CCC(=O)O)C(=O)N[C@H](C(=O)N[C@@H](CCCCN)C(=O)N[C@@H](Cc1ccccc1)C(=O)N[C@@H](CC(C)C)C(N)=O)C(C)C. The molecule has 0 bridgehead atoms. The predicted molar refractivity (Wildman–Crippen MR) is 254 cm³/mol. The highest BCUT2D eigenvalue weighted by Gasteiger charge is 2.44. The Morgan fingerprint density at radius 3 is 1.91 bits per heavy atom. The zero-order valence-corrected chi connectivity index (χ0v) is 40.4. The molecule has 2 aliphatic heterocycles. The molecule has 8 atom stereocenters. The minimum absolute atomic E-state index is 0.0144. The number of primary amides is 1. The van der Waals surface area contributed by atoms with Gasteiger partial charge in [0.1, 0.15) is 42.3 Å². The lowest BCUT2D eigenvalue weighted by Gasteiger charge is -2.33. The van der Waals surface area contributed by atoms with Crippen molar-refractivity contribution in [2.24, 2.45) is 29.0 Å². The Morgan fingerprint density at radius 2 is 1.31 bits per heavy atom. The molecule has 2 heterocycles. The van der Waals surface area contributed by atoms with Crippen molar-refractivity contribution in [2.75, 3.05) is 31.6 Å². The van der Waals surface area contributed by atoms with Crippen molar-refractivity contribution in [3.63, 3.8) is 0 Å². The number of nitrogens with one attached hydrogen (secondary N) is 5. The average molecular weight is 959 g/mol. The van der Waals surface area contributed by atoms with Crippen molar-refractivity contribution in [1.82, 2.24) is 36.4 Å². The molecule has 67 heavy (non-hydrogen) atoms. The summed E-state index contributed by atoms with van der Waals surface area (Å²) in [5, 5.41) is 23.0. The highest BCUT2D eigenvalue weighted by Crippen LogP contribution is 2.26. The number of carbonyl (C=O) groups is 9. The predicted octanol–water partition coefficient (Wildman–Crippen LogP) is -0.103. The van der Waals surface area contributed by atoms with E-state index in [1.165, 1.54) is 9.80 Å². The zero-order valence-electron chi connectivity index (χ0n) is 39.6. The number of nitrogens with two attached hydrogens (primary N) is 3. The normalized spacial score (nSPS) is 18.6. The number of unbranched alkanes of at least 4 members (excludes halogenated alkanes) is 1. The van der Waals surface area contributed by atoms with Gasteiger partial charge in [-0.1, -0.05) is 58.0 Å². The third-order valence-corrected chi connectivity index (χ3v) is 12.6. The van der Waals surface area contributed by atoms with E-state index in [4.69, 9.17) is 17.2 Å². The van der Waals surface area contributed by atoms with E-state index >= 15 is 0 Å². The van der Waals surface area contributed by atoms with Crippen molar-refractivity contribution < 1.29 is 48.3 Å². The average Bonchev–Trinajstić information content (AvgIpc) is 3.99. The van der Waals surface area contributed by atoms with Crippen LogP contribution < -0.4 is 43.8 Å². The summed E-state index contributed by atoms with van der Waals surface area (Å²) in [6, 6.07) is 0.217. The maximum absolute atomic E-state index is 14.1. The van der Waals surface area contributed by atoms with E-state index in [2.05, 4.69) is 26.6 Å². The number of benzene rings is 1. The van der Waals surface area contributed by atoms with Gasteiger partial charge in [-0.2, -0.15) is 11.8 Å². The molecule has 374 valence electrons. The van der Waals surface area contributed by atoms with Crippen LogP contribution in [0.3, 0.4) is 0 Å². The summed E-state index contributed by atoms with van der Waals surface area (Å²) in [5.41, 5.74) is 18.2. The number of carboxylic acids is 1. The Kier molecular flexibility index (Phi) is 23.5. The van der Waals surface area contributed by atoms with Crippen molar-refractivity contribution in [3.8, 4) is 0 Å². The lowest BCUT2D eigenvalue weighted by Crippen LogP contribution is -2.61. The first kappa shape index (κ1) is 56.0. The van der Waals surface area contributed by atoms with Crippen molar-refractivity contribution >= 4 is 65.0 Å². The summed E-state index contributed by atoms with van der Waals surface area (Å²) in [6.45, 7) is 7.94. The Balaban J connectivity index is 1.81. The van der Waals surface area contributed by atoms with Gasteiger partial charge in [-0.15, -0.1) is 0 Å². The van der Waals surface area contributed by atoms with Crippen LogP contribution in [-0.2, 0) is 49.6 Å². The molecular weight excluding hydrogens is 885 g/mol. The Hall–Kier alpha value is -5.28. The summed E-state index contributed by atoms with van der Waals surface area (Å²) in [6.07, 6.45) is 4.57. The molecule has 0 radical (unpaired) electrons. The van der Waals surface area contributed by atoms with Gasteiger partial charge < -0.3 is 58.7 Å². The van der Waals surface area contributed by atoms with Gasteiger partial charge in [-0.3, -0.25) is 43.2 Å². The van der Waals surface area contributed by atoms with Crippen LogP contribution in [0.4, 0.5) is 0 Å². The summed E-state index contributed by atoms with van der Waals surface area (Å²) in [4.78, 5) is 124. The molecule has 0 aromatic heterocycles. The summed E-state index contributed by atoms with van der Waals surface area (Å²) < 4.78 is 0.